The highest BCUT2D eigenvalue weighted by molar-refractivity contribution is 5.89. The minimum Gasteiger partial charge on any atom is -0.396 e. The van der Waals surface area contributed by atoms with E-state index in [9.17, 15) is 18.0 Å². The Kier molecular flexibility index (Phi) is 4.49. The molecular weight excluding hydrogens is 273 g/mol. The number of nitrogens with one attached hydrogen (secondary N) is 1. The number of carbonyl (C=O) groups is 1. The Hall–Kier alpha value is -1.76. The lowest BCUT2D eigenvalue weighted by molar-refractivity contribution is 0.136. The van der Waals surface area contributed by atoms with Crippen LogP contribution in [0.3, 0.4) is 0 Å². The third kappa shape index (κ3) is 3.22. The molecule has 2 rings (SSSR count). The lowest BCUT2D eigenvalue weighted by Gasteiger charge is -2.31. The number of aliphatic hydroxyl groups is 1. The first-order valence-electron chi connectivity index (χ1n) is 6.32. The van der Waals surface area contributed by atoms with Crippen LogP contribution in [0.15, 0.2) is 12.1 Å². The highest BCUT2D eigenvalue weighted by Gasteiger charge is 2.23. The second kappa shape index (κ2) is 6.13. The van der Waals surface area contributed by atoms with Crippen molar-refractivity contribution in [2.75, 3.05) is 25.0 Å². The number of benzene rings is 1. The van der Waals surface area contributed by atoms with Gasteiger partial charge >= 0.3 is 6.03 Å². The molecule has 1 aromatic carbocycles. The van der Waals surface area contributed by atoms with E-state index in [2.05, 4.69) is 5.32 Å². The average Bonchev–Trinajstić information content (AvgIpc) is 2.44. The molecule has 0 radical (unpaired) electrons. The molecule has 1 aliphatic rings. The van der Waals surface area contributed by atoms with Gasteiger partial charge in [-0.1, -0.05) is 0 Å². The summed E-state index contributed by atoms with van der Waals surface area (Å²) in [4.78, 5) is 13.4. The van der Waals surface area contributed by atoms with E-state index in [-0.39, 0.29) is 18.2 Å². The van der Waals surface area contributed by atoms with E-state index in [0.717, 1.165) is 25.0 Å². The Labute approximate surface area is 114 Å². The number of likely N-dealkylation sites (tertiary alicyclic amines) is 1. The molecule has 1 aromatic rings. The van der Waals surface area contributed by atoms with Gasteiger partial charge in [-0.2, -0.15) is 0 Å². The number of anilines is 1. The number of aliphatic hydroxyl groups excluding tert-OH is 1. The summed E-state index contributed by atoms with van der Waals surface area (Å²) in [5, 5.41) is 11.4. The van der Waals surface area contributed by atoms with Crippen molar-refractivity contribution in [2.45, 2.75) is 12.8 Å². The normalized spacial score (nSPS) is 19.0. The summed E-state index contributed by atoms with van der Waals surface area (Å²) < 4.78 is 38.9. The first-order chi connectivity index (χ1) is 9.51. The first kappa shape index (κ1) is 14.6. The highest BCUT2D eigenvalue weighted by Crippen LogP contribution is 2.20. The molecular formula is C13H15F3N2O2. The van der Waals surface area contributed by atoms with Gasteiger partial charge in [-0.05, 0) is 18.8 Å². The molecule has 1 atom stereocenters. The van der Waals surface area contributed by atoms with Crippen LogP contribution < -0.4 is 5.32 Å². The molecule has 0 aliphatic carbocycles. The van der Waals surface area contributed by atoms with Gasteiger partial charge in [0.2, 0.25) is 0 Å². The largest absolute Gasteiger partial charge is 0.396 e. The van der Waals surface area contributed by atoms with Crippen LogP contribution in [0.2, 0.25) is 0 Å². The maximum absolute atomic E-state index is 13.0. The average molecular weight is 288 g/mol. The number of nitrogens with zero attached hydrogens (tertiary/aromatic N) is 1. The van der Waals surface area contributed by atoms with E-state index in [4.69, 9.17) is 5.11 Å². The Balaban J connectivity index is 2.04. The van der Waals surface area contributed by atoms with E-state index in [1.807, 2.05) is 0 Å². The molecule has 4 nitrogen and oxygen atoms in total. The van der Waals surface area contributed by atoms with Crippen LogP contribution in [0, 0.1) is 23.4 Å². The predicted molar refractivity (Wildman–Crippen MR) is 66.7 cm³/mol. The SMILES string of the molecule is O=C(Nc1cc(F)c(F)c(F)c1)N1CCCC(CO)C1. The molecule has 1 heterocycles. The van der Waals surface area contributed by atoms with Crippen molar-refractivity contribution in [3.05, 3.63) is 29.6 Å². The second-order valence-corrected chi connectivity index (χ2v) is 4.82. The van der Waals surface area contributed by atoms with Crippen LogP contribution in [-0.4, -0.2) is 35.7 Å². The lowest BCUT2D eigenvalue weighted by atomic mass is 9.99. The van der Waals surface area contributed by atoms with E-state index in [1.54, 1.807) is 0 Å². The number of rotatable bonds is 2. The monoisotopic (exact) mass is 288 g/mol. The molecule has 0 bridgehead atoms. The van der Waals surface area contributed by atoms with Crippen LogP contribution in [0.1, 0.15) is 12.8 Å². The minimum atomic E-state index is -1.57. The van der Waals surface area contributed by atoms with Gasteiger partial charge in [0.05, 0.1) is 0 Å². The molecule has 0 spiro atoms. The summed E-state index contributed by atoms with van der Waals surface area (Å²) in [6.07, 6.45) is 1.59. The lowest BCUT2D eigenvalue weighted by Crippen LogP contribution is -2.43. The number of carbonyl (C=O) groups excluding carboxylic acids is 1. The summed E-state index contributed by atoms with van der Waals surface area (Å²) in [5.41, 5.74) is -0.141. The van der Waals surface area contributed by atoms with Crippen molar-refractivity contribution < 1.29 is 23.1 Å². The van der Waals surface area contributed by atoms with Crippen molar-refractivity contribution in [3.8, 4) is 0 Å². The van der Waals surface area contributed by atoms with Crippen molar-refractivity contribution in [2.24, 2.45) is 5.92 Å². The molecule has 0 aromatic heterocycles. The zero-order valence-corrected chi connectivity index (χ0v) is 10.7. The number of hydrogen-bond acceptors (Lipinski definition) is 2. The molecule has 2 amide bonds. The van der Waals surface area contributed by atoms with Crippen LogP contribution in [0.5, 0.6) is 0 Å². The van der Waals surface area contributed by atoms with Gasteiger partial charge in [-0.15, -0.1) is 0 Å². The summed E-state index contributed by atoms with van der Waals surface area (Å²) in [7, 11) is 0. The maximum Gasteiger partial charge on any atom is 0.321 e. The fourth-order valence-corrected chi connectivity index (χ4v) is 2.23. The van der Waals surface area contributed by atoms with E-state index in [1.165, 1.54) is 4.90 Å². The molecule has 7 heteroatoms. The fraction of sp³-hybridized carbons (Fsp3) is 0.462. The smallest absolute Gasteiger partial charge is 0.321 e. The van der Waals surface area contributed by atoms with Gasteiger partial charge < -0.3 is 15.3 Å². The number of urea groups is 1. The molecule has 2 N–H and O–H groups in total. The van der Waals surface area contributed by atoms with Gasteiger partial charge in [0.15, 0.2) is 17.5 Å². The molecule has 1 saturated heterocycles. The van der Waals surface area contributed by atoms with Crippen molar-refractivity contribution >= 4 is 11.7 Å². The third-order valence-corrected chi connectivity index (χ3v) is 3.30. The Morgan fingerprint density at radius 3 is 2.60 bits per heavy atom. The van der Waals surface area contributed by atoms with Gasteiger partial charge in [-0.25, -0.2) is 18.0 Å². The van der Waals surface area contributed by atoms with Gasteiger partial charge in [-0.3, -0.25) is 0 Å². The first-order valence-corrected chi connectivity index (χ1v) is 6.32. The molecule has 110 valence electrons. The highest BCUT2D eigenvalue weighted by atomic mass is 19.2. The van der Waals surface area contributed by atoms with Crippen molar-refractivity contribution in [1.82, 2.24) is 4.90 Å². The summed E-state index contributed by atoms with van der Waals surface area (Å²) in [6, 6.07) is 0.932. The second-order valence-electron chi connectivity index (χ2n) is 4.82. The quantitative estimate of drug-likeness (QED) is 0.821. The van der Waals surface area contributed by atoms with Crippen LogP contribution >= 0.6 is 0 Å². The maximum atomic E-state index is 13.0. The molecule has 1 fully saturated rings. The molecule has 20 heavy (non-hydrogen) atoms. The van der Waals surface area contributed by atoms with Gasteiger partial charge in [0.1, 0.15) is 0 Å². The van der Waals surface area contributed by atoms with Crippen LogP contribution in [-0.2, 0) is 0 Å². The number of hydrogen-bond donors (Lipinski definition) is 2. The number of amides is 2. The third-order valence-electron chi connectivity index (χ3n) is 3.30. The number of piperidine rings is 1. The van der Waals surface area contributed by atoms with E-state index in [0.29, 0.717) is 13.1 Å². The van der Waals surface area contributed by atoms with Gasteiger partial charge in [0.25, 0.3) is 0 Å². The Bertz CT molecular complexity index is 487. The molecule has 1 unspecified atom stereocenters. The summed E-state index contributed by atoms with van der Waals surface area (Å²) >= 11 is 0. The van der Waals surface area contributed by atoms with Crippen LogP contribution in [0.4, 0.5) is 23.7 Å². The van der Waals surface area contributed by atoms with Crippen LogP contribution in [0.25, 0.3) is 0 Å². The minimum absolute atomic E-state index is 0.0103. The van der Waals surface area contributed by atoms with Crippen molar-refractivity contribution in [3.63, 3.8) is 0 Å². The Morgan fingerprint density at radius 1 is 1.35 bits per heavy atom. The Morgan fingerprint density at radius 2 is 2.00 bits per heavy atom. The summed E-state index contributed by atoms with van der Waals surface area (Å²) in [6.45, 7) is 0.882. The predicted octanol–water partition coefficient (Wildman–Crippen LogP) is 2.34. The van der Waals surface area contributed by atoms with E-state index >= 15 is 0 Å². The van der Waals surface area contributed by atoms with E-state index < -0.39 is 23.5 Å². The summed E-state index contributed by atoms with van der Waals surface area (Å²) in [5.74, 6) is -4.27. The standard InChI is InChI=1S/C13H15F3N2O2/c14-10-4-9(5-11(15)12(10)16)17-13(20)18-3-1-2-8(6-18)7-19/h4-5,8,19H,1-3,6-7H2,(H,17,20). The topological polar surface area (TPSA) is 52.6 Å². The fourth-order valence-electron chi connectivity index (χ4n) is 2.23. The molecule has 0 saturated carbocycles. The number of halogens is 3. The zero-order chi connectivity index (χ0) is 14.7. The molecule has 1 aliphatic heterocycles. The zero-order valence-electron chi connectivity index (χ0n) is 10.7. The van der Waals surface area contributed by atoms with Crippen molar-refractivity contribution in [1.29, 1.82) is 0 Å². The van der Waals surface area contributed by atoms with Gasteiger partial charge in [0, 0.05) is 37.5 Å².